The van der Waals surface area contributed by atoms with Crippen molar-refractivity contribution in [2.24, 2.45) is 0 Å². The van der Waals surface area contributed by atoms with Gasteiger partial charge in [-0.05, 0) is 51.1 Å². The molecule has 1 aromatic carbocycles. The lowest BCUT2D eigenvalue weighted by Gasteiger charge is -2.20. The number of phenolic OH excluding ortho intramolecular Hbond substituents is 1. The van der Waals surface area contributed by atoms with Crippen LogP contribution in [0.3, 0.4) is 0 Å². The van der Waals surface area contributed by atoms with Crippen LogP contribution in [0.15, 0.2) is 24.3 Å². The normalized spacial score (nSPS) is 11.3. The number of anilines is 1. The predicted molar refractivity (Wildman–Crippen MR) is 73.1 cm³/mol. The van der Waals surface area contributed by atoms with Crippen molar-refractivity contribution in [2.75, 3.05) is 5.32 Å². The minimum Gasteiger partial charge on any atom is -0.508 e. The number of hydrogen-bond acceptors (Lipinski definition) is 4. The SMILES string of the molecule is CC(C)(C)OC(=O)Nc1ccc(O)cc1/C=C/C=O. The molecule has 0 aliphatic rings. The zero-order valence-electron chi connectivity index (χ0n) is 11.1. The highest BCUT2D eigenvalue weighted by molar-refractivity contribution is 5.89. The number of carbonyl (C=O) groups excluding carboxylic acids is 2. The predicted octanol–water partition coefficient (Wildman–Crippen LogP) is 2.95. The van der Waals surface area contributed by atoms with Crippen LogP contribution in [0.1, 0.15) is 26.3 Å². The summed E-state index contributed by atoms with van der Waals surface area (Å²) in [7, 11) is 0. The Morgan fingerprint density at radius 2 is 2.05 bits per heavy atom. The number of phenols is 1. The molecule has 1 amide bonds. The Bertz CT molecular complexity index is 501. The number of aromatic hydroxyl groups is 1. The molecule has 0 aromatic heterocycles. The van der Waals surface area contributed by atoms with Crippen molar-refractivity contribution in [3.05, 3.63) is 29.8 Å². The fourth-order valence-electron chi connectivity index (χ4n) is 1.36. The zero-order valence-corrected chi connectivity index (χ0v) is 11.1. The van der Waals surface area contributed by atoms with Gasteiger partial charge in [0.25, 0.3) is 0 Å². The van der Waals surface area contributed by atoms with Crippen LogP contribution in [0.5, 0.6) is 5.75 Å². The first-order valence-electron chi connectivity index (χ1n) is 5.77. The Balaban J connectivity index is 2.91. The third-order valence-electron chi connectivity index (χ3n) is 2.03. The molecule has 0 radical (unpaired) electrons. The molecule has 0 aliphatic carbocycles. The lowest BCUT2D eigenvalue weighted by Crippen LogP contribution is -2.27. The Kier molecular flexibility index (Phi) is 4.69. The van der Waals surface area contributed by atoms with Crippen LogP contribution in [0.4, 0.5) is 10.5 Å². The van der Waals surface area contributed by atoms with Gasteiger partial charge in [-0.1, -0.05) is 0 Å². The second-order valence-electron chi connectivity index (χ2n) is 4.89. The van der Waals surface area contributed by atoms with Crippen molar-refractivity contribution >= 4 is 24.1 Å². The van der Waals surface area contributed by atoms with Crippen LogP contribution < -0.4 is 5.32 Å². The summed E-state index contributed by atoms with van der Waals surface area (Å²) in [5, 5.41) is 12.0. The Hall–Kier alpha value is -2.30. The van der Waals surface area contributed by atoms with E-state index in [0.717, 1.165) is 0 Å². The van der Waals surface area contributed by atoms with Gasteiger partial charge in [-0.2, -0.15) is 0 Å². The van der Waals surface area contributed by atoms with Crippen LogP contribution in [0.25, 0.3) is 6.08 Å². The second kappa shape index (κ2) is 6.04. The molecule has 0 heterocycles. The van der Waals surface area contributed by atoms with E-state index in [1.54, 1.807) is 20.8 Å². The standard InChI is InChI=1S/C14H17NO4/c1-14(2,3)19-13(18)15-12-7-6-11(17)9-10(12)5-4-8-16/h4-9,17H,1-3H3,(H,15,18)/b5-4+. The molecular formula is C14H17NO4. The van der Waals surface area contributed by atoms with E-state index in [1.165, 1.54) is 30.4 Å². The van der Waals surface area contributed by atoms with Gasteiger partial charge in [0.2, 0.25) is 0 Å². The van der Waals surface area contributed by atoms with Crippen molar-refractivity contribution in [1.82, 2.24) is 0 Å². The highest BCUT2D eigenvalue weighted by Crippen LogP contribution is 2.23. The van der Waals surface area contributed by atoms with Crippen LogP contribution in [-0.2, 0) is 9.53 Å². The number of hydrogen-bond donors (Lipinski definition) is 2. The Labute approximate surface area is 111 Å². The minimum absolute atomic E-state index is 0.0419. The summed E-state index contributed by atoms with van der Waals surface area (Å²) in [6.45, 7) is 5.28. The van der Waals surface area contributed by atoms with Crippen molar-refractivity contribution in [3.8, 4) is 5.75 Å². The third kappa shape index (κ3) is 5.25. The molecule has 19 heavy (non-hydrogen) atoms. The van der Waals surface area contributed by atoms with Gasteiger partial charge in [-0.3, -0.25) is 10.1 Å². The van der Waals surface area contributed by atoms with Crippen LogP contribution in [0.2, 0.25) is 0 Å². The summed E-state index contributed by atoms with van der Waals surface area (Å²) >= 11 is 0. The molecule has 1 aromatic rings. The number of amides is 1. The second-order valence-corrected chi connectivity index (χ2v) is 4.89. The molecule has 0 saturated heterocycles. The monoisotopic (exact) mass is 263 g/mol. The summed E-state index contributed by atoms with van der Waals surface area (Å²) < 4.78 is 5.13. The van der Waals surface area contributed by atoms with E-state index in [1.807, 2.05) is 0 Å². The van der Waals surface area contributed by atoms with Crippen molar-refractivity contribution < 1.29 is 19.4 Å². The molecular weight excluding hydrogens is 246 g/mol. The molecule has 5 heteroatoms. The lowest BCUT2D eigenvalue weighted by molar-refractivity contribution is -0.104. The average molecular weight is 263 g/mol. The van der Waals surface area contributed by atoms with E-state index < -0.39 is 11.7 Å². The van der Waals surface area contributed by atoms with Crippen molar-refractivity contribution in [3.63, 3.8) is 0 Å². The number of benzene rings is 1. The average Bonchev–Trinajstić information content (AvgIpc) is 2.27. The van der Waals surface area contributed by atoms with Crippen LogP contribution in [0, 0.1) is 0 Å². The number of carbonyl (C=O) groups is 2. The first kappa shape index (κ1) is 14.8. The van der Waals surface area contributed by atoms with E-state index in [2.05, 4.69) is 5.32 Å². The smallest absolute Gasteiger partial charge is 0.412 e. The lowest BCUT2D eigenvalue weighted by atomic mass is 10.1. The first-order chi connectivity index (χ1) is 8.81. The highest BCUT2D eigenvalue weighted by Gasteiger charge is 2.16. The van der Waals surface area contributed by atoms with E-state index >= 15 is 0 Å². The number of nitrogens with one attached hydrogen (secondary N) is 1. The highest BCUT2D eigenvalue weighted by atomic mass is 16.6. The largest absolute Gasteiger partial charge is 0.508 e. The molecule has 0 aliphatic heterocycles. The van der Waals surface area contributed by atoms with Gasteiger partial charge in [-0.25, -0.2) is 4.79 Å². The first-order valence-corrected chi connectivity index (χ1v) is 5.77. The fraction of sp³-hybridized carbons (Fsp3) is 0.286. The van der Waals surface area contributed by atoms with E-state index in [9.17, 15) is 14.7 Å². The van der Waals surface area contributed by atoms with Gasteiger partial charge in [0.15, 0.2) is 0 Å². The van der Waals surface area contributed by atoms with Crippen LogP contribution in [-0.4, -0.2) is 23.1 Å². The maximum Gasteiger partial charge on any atom is 0.412 e. The molecule has 102 valence electrons. The summed E-state index contributed by atoms with van der Waals surface area (Å²) in [5.74, 6) is 0.0419. The third-order valence-corrected chi connectivity index (χ3v) is 2.03. The molecule has 0 atom stereocenters. The topological polar surface area (TPSA) is 75.6 Å². The molecule has 0 saturated carbocycles. The molecule has 0 bridgehead atoms. The fourth-order valence-corrected chi connectivity index (χ4v) is 1.36. The molecule has 0 unspecified atom stereocenters. The maximum absolute atomic E-state index is 11.6. The van der Waals surface area contributed by atoms with Crippen LogP contribution >= 0.6 is 0 Å². The summed E-state index contributed by atoms with van der Waals surface area (Å²) in [4.78, 5) is 22.0. The van der Waals surface area contributed by atoms with Gasteiger partial charge < -0.3 is 9.84 Å². The zero-order chi connectivity index (χ0) is 14.5. The van der Waals surface area contributed by atoms with E-state index in [0.29, 0.717) is 17.5 Å². The molecule has 1 rings (SSSR count). The van der Waals surface area contributed by atoms with E-state index in [-0.39, 0.29) is 5.75 Å². The molecule has 0 fully saturated rings. The number of aldehydes is 1. The molecule has 2 N–H and O–H groups in total. The summed E-state index contributed by atoms with van der Waals surface area (Å²) in [5.41, 5.74) is 0.364. The van der Waals surface area contributed by atoms with Gasteiger partial charge in [0, 0.05) is 5.56 Å². The van der Waals surface area contributed by atoms with Gasteiger partial charge in [-0.15, -0.1) is 0 Å². The number of rotatable bonds is 3. The van der Waals surface area contributed by atoms with Gasteiger partial charge in [0.05, 0.1) is 5.69 Å². The molecule has 5 nitrogen and oxygen atoms in total. The number of allylic oxidation sites excluding steroid dienone is 1. The minimum atomic E-state index is -0.598. The van der Waals surface area contributed by atoms with Crippen molar-refractivity contribution in [1.29, 1.82) is 0 Å². The molecule has 0 spiro atoms. The Morgan fingerprint density at radius 1 is 1.37 bits per heavy atom. The summed E-state index contributed by atoms with van der Waals surface area (Å²) in [6, 6.07) is 4.40. The van der Waals surface area contributed by atoms with Crippen molar-refractivity contribution in [2.45, 2.75) is 26.4 Å². The number of ether oxygens (including phenoxy) is 1. The van der Waals surface area contributed by atoms with Gasteiger partial charge in [0.1, 0.15) is 17.6 Å². The van der Waals surface area contributed by atoms with Gasteiger partial charge >= 0.3 is 6.09 Å². The maximum atomic E-state index is 11.6. The Morgan fingerprint density at radius 3 is 2.63 bits per heavy atom. The van der Waals surface area contributed by atoms with E-state index in [4.69, 9.17) is 4.74 Å². The quantitative estimate of drug-likeness (QED) is 0.499. The summed E-state index contributed by atoms with van der Waals surface area (Å²) in [6.07, 6.45) is 2.77.